The van der Waals surface area contributed by atoms with E-state index in [-0.39, 0.29) is 0 Å². The first-order valence-corrected chi connectivity index (χ1v) is 7.38. The van der Waals surface area contributed by atoms with Crippen LogP contribution in [0.15, 0.2) is 54.6 Å². The molecule has 0 spiro atoms. The van der Waals surface area contributed by atoms with Gasteiger partial charge in [0.25, 0.3) is 5.91 Å². The second-order valence-electron chi connectivity index (χ2n) is 5.20. The van der Waals surface area contributed by atoms with Crippen LogP contribution in [0.4, 0.5) is 0 Å². The minimum atomic E-state index is -1.42. The quantitative estimate of drug-likeness (QED) is 0.763. The zero-order valence-corrected chi connectivity index (χ0v) is 12.8. The van der Waals surface area contributed by atoms with E-state index in [9.17, 15) is 19.8 Å². The van der Waals surface area contributed by atoms with E-state index in [0.717, 1.165) is 12.0 Å². The predicted octanol–water partition coefficient (Wildman–Crippen LogP) is 2.17. The first-order chi connectivity index (χ1) is 11.0. The molecule has 23 heavy (non-hydrogen) atoms. The molecule has 2 atom stereocenters. The Kier molecular flexibility index (Phi) is 5.49. The maximum absolute atomic E-state index is 12.1. The second kappa shape index (κ2) is 7.56. The lowest BCUT2D eigenvalue weighted by Crippen LogP contribution is -2.45. The molecule has 3 N–H and O–H groups in total. The summed E-state index contributed by atoms with van der Waals surface area (Å²) in [6, 6.07) is 13.9. The van der Waals surface area contributed by atoms with E-state index in [4.69, 9.17) is 0 Å². The SMILES string of the molecule is CCc1ccc(C(O)[C@H](NC(=O)c2ccccc2)C(=O)O)cc1. The van der Waals surface area contributed by atoms with Gasteiger partial charge in [0.05, 0.1) is 0 Å². The average Bonchev–Trinajstić information content (AvgIpc) is 2.59. The third-order valence-electron chi connectivity index (χ3n) is 3.63. The van der Waals surface area contributed by atoms with E-state index in [2.05, 4.69) is 5.32 Å². The summed E-state index contributed by atoms with van der Waals surface area (Å²) < 4.78 is 0. The monoisotopic (exact) mass is 313 g/mol. The van der Waals surface area contributed by atoms with Crippen LogP contribution >= 0.6 is 0 Å². The highest BCUT2D eigenvalue weighted by Gasteiger charge is 2.29. The van der Waals surface area contributed by atoms with Gasteiger partial charge in [0.15, 0.2) is 6.04 Å². The Balaban J connectivity index is 2.17. The summed E-state index contributed by atoms with van der Waals surface area (Å²) in [7, 11) is 0. The fourth-order valence-electron chi connectivity index (χ4n) is 2.23. The summed E-state index contributed by atoms with van der Waals surface area (Å²) in [5, 5.41) is 22.0. The van der Waals surface area contributed by atoms with Crippen molar-refractivity contribution in [2.24, 2.45) is 0 Å². The van der Waals surface area contributed by atoms with Crippen molar-refractivity contribution in [2.75, 3.05) is 0 Å². The number of aliphatic hydroxyl groups excluding tert-OH is 1. The van der Waals surface area contributed by atoms with Crippen LogP contribution in [0.3, 0.4) is 0 Å². The van der Waals surface area contributed by atoms with E-state index in [0.29, 0.717) is 11.1 Å². The van der Waals surface area contributed by atoms with Crippen molar-refractivity contribution in [2.45, 2.75) is 25.5 Å². The molecule has 1 unspecified atom stereocenters. The molecule has 0 fully saturated rings. The largest absolute Gasteiger partial charge is 0.480 e. The van der Waals surface area contributed by atoms with Gasteiger partial charge in [-0.05, 0) is 29.7 Å². The van der Waals surface area contributed by atoms with Crippen LogP contribution in [0.1, 0.15) is 34.5 Å². The van der Waals surface area contributed by atoms with Gasteiger partial charge in [0, 0.05) is 5.56 Å². The molecular weight excluding hydrogens is 294 g/mol. The Morgan fingerprint density at radius 1 is 1.04 bits per heavy atom. The molecule has 0 aliphatic carbocycles. The number of hydrogen-bond acceptors (Lipinski definition) is 3. The number of aryl methyl sites for hydroxylation is 1. The molecule has 0 aliphatic rings. The van der Waals surface area contributed by atoms with Crippen LogP contribution in [0.5, 0.6) is 0 Å². The van der Waals surface area contributed by atoms with Crippen molar-refractivity contribution >= 4 is 11.9 Å². The lowest BCUT2D eigenvalue weighted by atomic mass is 10.00. The summed E-state index contributed by atoms with van der Waals surface area (Å²) in [6.45, 7) is 2.01. The van der Waals surface area contributed by atoms with Gasteiger partial charge in [-0.1, -0.05) is 49.4 Å². The minimum Gasteiger partial charge on any atom is -0.480 e. The number of hydrogen-bond donors (Lipinski definition) is 3. The molecule has 2 aromatic carbocycles. The minimum absolute atomic E-state index is 0.340. The van der Waals surface area contributed by atoms with Gasteiger partial charge >= 0.3 is 5.97 Å². The van der Waals surface area contributed by atoms with Gasteiger partial charge in [0.2, 0.25) is 0 Å². The molecule has 0 saturated heterocycles. The van der Waals surface area contributed by atoms with E-state index in [1.165, 1.54) is 0 Å². The highest BCUT2D eigenvalue weighted by Crippen LogP contribution is 2.18. The van der Waals surface area contributed by atoms with E-state index < -0.39 is 24.0 Å². The maximum Gasteiger partial charge on any atom is 0.329 e. The van der Waals surface area contributed by atoms with Crippen molar-refractivity contribution in [1.29, 1.82) is 0 Å². The van der Waals surface area contributed by atoms with Gasteiger partial charge in [-0.15, -0.1) is 0 Å². The summed E-state index contributed by atoms with van der Waals surface area (Å²) in [6.07, 6.45) is -0.477. The Morgan fingerprint density at radius 2 is 1.65 bits per heavy atom. The Morgan fingerprint density at radius 3 is 2.17 bits per heavy atom. The van der Waals surface area contributed by atoms with Crippen molar-refractivity contribution in [3.8, 4) is 0 Å². The summed E-state index contributed by atoms with van der Waals surface area (Å²) in [5.74, 6) is -1.83. The lowest BCUT2D eigenvalue weighted by molar-refractivity contribution is -0.142. The normalized spacial score (nSPS) is 13.1. The number of carboxylic acid groups (broad SMARTS) is 1. The van der Waals surface area contributed by atoms with Crippen LogP contribution in [-0.4, -0.2) is 28.1 Å². The maximum atomic E-state index is 12.1. The molecule has 0 saturated carbocycles. The number of carbonyl (C=O) groups excluding carboxylic acids is 1. The number of nitrogens with one attached hydrogen (secondary N) is 1. The molecule has 0 bridgehead atoms. The number of rotatable bonds is 6. The number of carbonyl (C=O) groups is 2. The number of aliphatic carboxylic acids is 1. The molecule has 0 aromatic heterocycles. The fraction of sp³-hybridized carbons (Fsp3) is 0.222. The number of carboxylic acids is 1. The molecule has 0 heterocycles. The fourth-order valence-corrected chi connectivity index (χ4v) is 2.23. The van der Waals surface area contributed by atoms with Crippen molar-refractivity contribution < 1.29 is 19.8 Å². The number of amides is 1. The van der Waals surface area contributed by atoms with Crippen LogP contribution in [-0.2, 0) is 11.2 Å². The third kappa shape index (κ3) is 4.17. The van der Waals surface area contributed by atoms with Crippen molar-refractivity contribution in [1.82, 2.24) is 5.32 Å². The van der Waals surface area contributed by atoms with Gasteiger partial charge < -0.3 is 15.5 Å². The highest BCUT2D eigenvalue weighted by molar-refractivity contribution is 5.96. The molecule has 0 radical (unpaired) electrons. The molecule has 5 heteroatoms. The van der Waals surface area contributed by atoms with Crippen molar-refractivity contribution in [3.63, 3.8) is 0 Å². The van der Waals surface area contributed by atoms with Gasteiger partial charge in [-0.2, -0.15) is 0 Å². The highest BCUT2D eigenvalue weighted by atomic mass is 16.4. The molecule has 5 nitrogen and oxygen atoms in total. The second-order valence-corrected chi connectivity index (χ2v) is 5.20. The lowest BCUT2D eigenvalue weighted by Gasteiger charge is -2.21. The van der Waals surface area contributed by atoms with E-state index in [1.54, 1.807) is 42.5 Å². The zero-order valence-electron chi connectivity index (χ0n) is 12.8. The number of benzene rings is 2. The average molecular weight is 313 g/mol. The smallest absolute Gasteiger partial charge is 0.329 e. The van der Waals surface area contributed by atoms with Gasteiger partial charge in [-0.25, -0.2) is 4.79 Å². The summed E-state index contributed by atoms with van der Waals surface area (Å²) in [4.78, 5) is 23.5. The van der Waals surface area contributed by atoms with E-state index >= 15 is 0 Å². The first kappa shape index (κ1) is 16.7. The van der Waals surface area contributed by atoms with Crippen LogP contribution in [0.2, 0.25) is 0 Å². The standard InChI is InChI=1S/C18H19NO4/c1-2-12-8-10-13(11-9-12)16(20)15(18(22)23)19-17(21)14-6-4-3-5-7-14/h3-11,15-16,20H,2H2,1H3,(H,19,21)(H,22,23)/t15-,16?/m0/s1. The summed E-state index contributed by atoms with van der Waals surface area (Å²) in [5.41, 5.74) is 1.87. The first-order valence-electron chi connectivity index (χ1n) is 7.38. The van der Waals surface area contributed by atoms with Gasteiger partial charge in [0.1, 0.15) is 6.10 Å². The van der Waals surface area contributed by atoms with Crippen LogP contribution in [0, 0.1) is 0 Å². The van der Waals surface area contributed by atoms with Crippen molar-refractivity contribution in [3.05, 3.63) is 71.3 Å². The van der Waals surface area contributed by atoms with Crippen LogP contribution in [0.25, 0.3) is 0 Å². The van der Waals surface area contributed by atoms with Crippen LogP contribution < -0.4 is 5.32 Å². The molecule has 2 aromatic rings. The Bertz CT molecular complexity index is 667. The van der Waals surface area contributed by atoms with E-state index in [1.807, 2.05) is 19.1 Å². The third-order valence-corrected chi connectivity index (χ3v) is 3.63. The Hall–Kier alpha value is -2.66. The molecule has 120 valence electrons. The van der Waals surface area contributed by atoms with Gasteiger partial charge in [-0.3, -0.25) is 4.79 Å². The topological polar surface area (TPSA) is 86.6 Å². The molecule has 2 rings (SSSR count). The molecular formula is C18H19NO4. The summed E-state index contributed by atoms with van der Waals surface area (Å²) >= 11 is 0. The molecule has 0 aliphatic heterocycles. The predicted molar refractivity (Wildman–Crippen MR) is 86.1 cm³/mol. The number of aliphatic hydroxyl groups is 1. The molecule has 1 amide bonds. The zero-order chi connectivity index (χ0) is 16.8. The Labute approximate surface area is 134 Å².